The van der Waals surface area contributed by atoms with E-state index in [1.165, 1.54) is 12.1 Å². The summed E-state index contributed by atoms with van der Waals surface area (Å²) in [5.41, 5.74) is -1.67. The normalized spacial score (nSPS) is 11.9. The minimum absolute atomic E-state index is 0.0395. The van der Waals surface area contributed by atoms with E-state index in [0.29, 0.717) is 0 Å². The van der Waals surface area contributed by atoms with Crippen LogP contribution in [0, 0.1) is 0 Å². The van der Waals surface area contributed by atoms with Crippen molar-refractivity contribution in [3.63, 3.8) is 0 Å². The lowest BCUT2D eigenvalue weighted by Gasteiger charge is -2.09. The summed E-state index contributed by atoms with van der Waals surface area (Å²) in [7, 11) is 0. The summed E-state index contributed by atoms with van der Waals surface area (Å²) in [6.07, 6.45) is -4.52. The van der Waals surface area contributed by atoms with E-state index < -0.39 is 23.0 Å². The van der Waals surface area contributed by atoms with Crippen LogP contribution in [0.3, 0.4) is 0 Å². The number of nitrogens with one attached hydrogen (secondary N) is 1. The van der Waals surface area contributed by atoms with E-state index in [-0.39, 0.29) is 10.9 Å². The van der Waals surface area contributed by atoms with E-state index in [9.17, 15) is 18.0 Å². The second-order valence-corrected chi connectivity index (χ2v) is 3.25. The van der Waals surface area contributed by atoms with Gasteiger partial charge in [0.05, 0.1) is 5.56 Å². The molecule has 16 heavy (non-hydrogen) atoms. The van der Waals surface area contributed by atoms with Crippen LogP contribution < -0.4 is 5.56 Å². The first kappa shape index (κ1) is 10.5. The minimum Gasteiger partial charge on any atom is -0.503 e. The topological polar surface area (TPSA) is 53.1 Å². The fourth-order valence-corrected chi connectivity index (χ4v) is 1.47. The van der Waals surface area contributed by atoms with Crippen molar-refractivity contribution in [1.29, 1.82) is 0 Å². The first-order chi connectivity index (χ1) is 7.39. The van der Waals surface area contributed by atoms with Gasteiger partial charge in [0.25, 0.3) is 5.56 Å². The van der Waals surface area contributed by atoms with Crippen molar-refractivity contribution in [2.45, 2.75) is 6.18 Å². The zero-order chi connectivity index (χ0) is 11.9. The Morgan fingerprint density at radius 2 is 1.94 bits per heavy atom. The molecule has 2 rings (SSSR count). The van der Waals surface area contributed by atoms with Gasteiger partial charge in [0.15, 0.2) is 5.75 Å². The molecule has 2 aromatic rings. The van der Waals surface area contributed by atoms with Crippen LogP contribution in [0.1, 0.15) is 5.56 Å². The molecule has 1 heterocycles. The molecule has 0 bridgehead atoms. The zero-order valence-electron chi connectivity index (χ0n) is 7.80. The summed E-state index contributed by atoms with van der Waals surface area (Å²) in [6.45, 7) is 0. The second kappa shape index (κ2) is 3.26. The van der Waals surface area contributed by atoms with Gasteiger partial charge < -0.3 is 10.1 Å². The highest BCUT2D eigenvalue weighted by molar-refractivity contribution is 5.83. The molecular weight excluding hydrogens is 223 g/mol. The van der Waals surface area contributed by atoms with Crippen molar-refractivity contribution in [2.75, 3.05) is 0 Å². The summed E-state index contributed by atoms with van der Waals surface area (Å²) in [6, 6.07) is 4.24. The number of rotatable bonds is 0. The number of halogens is 3. The molecule has 0 fully saturated rings. The first-order valence-corrected chi connectivity index (χ1v) is 4.32. The largest absolute Gasteiger partial charge is 0.503 e. The molecule has 0 spiro atoms. The van der Waals surface area contributed by atoms with Crippen LogP contribution in [0.5, 0.6) is 5.75 Å². The molecule has 0 saturated heterocycles. The number of aromatic amines is 1. The van der Waals surface area contributed by atoms with Crippen LogP contribution in [-0.4, -0.2) is 10.1 Å². The zero-order valence-corrected chi connectivity index (χ0v) is 7.80. The summed E-state index contributed by atoms with van der Waals surface area (Å²) >= 11 is 0. The SMILES string of the molecule is O=c1[nH]c2cccc(C(F)(F)F)c2cc1O. The third-order valence-electron chi connectivity index (χ3n) is 2.17. The molecule has 6 heteroatoms. The Morgan fingerprint density at radius 3 is 2.56 bits per heavy atom. The van der Waals surface area contributed by atoms with Gasteiger partial charge in [0, 0.05) is 10.9 Å². The number of hydrogen-bond acceptors (Lipinski definition) is 2. The number of alkyl halides is 3. The number of fused-ring (bicyclic) bond motifs is 1. The maximum absolute atomic E-state index is 12.6. The molecule has 0 radical (unpaired) electrons. The molecule has 0 amide bonds. The van der Waals surface area contributed by atoms with Crippen molar-refractivity contribution < 1.29 is 18.3 Å². The van der Waals surface area contributed by atoms with Gasteiger partial charge >= 0.3 is 6.18 Å². The van der Waals surface area contributed by atoms with Gasteiger partial charge in [-0.25, -0.2) is 0 Å². The maximum atomic E-state index is 12.6. The first-order valence-electron chi connectivity index (χ1n) is 4.32. The van der Waals surface area contributed by atoms with E-state index in [1.807, 2.05) is 0 Å². The smallest absolute Gasteiger partial charge is 0.417 e. The summed E-state index contributed by atoms with van der Waals surface area (Å²) < 4.78 is 37.7. The lowest BCUT2D eigenvalue weighted by Crippen LogP contribution is -2.09. The number of hydrogen-bond donors (Lipinski definition) is 2. The lowest BCUT2D eigenvalue weighted by atomic mass is 10.1. The summed E-state index contributed by atoms with van der Waals surface area (Å²) in [5, 5.41) is 8.87. The van der Waals surface area contributed by atoms with Gasteiger partial charge in [0.1, 0.15) is 0 Å². The van der Waals surface area contributed by atoms with Gasteiger partial charge in [-0.1, -0.05) is 6.07 Å². The Labute approximate surface area is 87.2 Å². The van der Waals surface area contributed by atoms with Crippen molar-refractivity contribution >= 4 is 10.9 Å². The standard InChI is InChI=1S/C10H6F3NO2/c11-10(12,13)6-2-1-3-7-5(6)4-8(15)9(16)14-7/h1-4,15H,(H,14,16). The van der Waals surface area contributed by atoms with Crippen molar-refractivity contribution in [1.82, 2.24) is 4.98 Å². The van der Waals surface area contributed by atoms with E-state index in [0.717, 1.165) is 12.1 Å². The number of aromatic hydroxyl groups is 1. The summed E-state index contributed by atoms with van der Waals surface area (Å²) in [5.74, 6) is -0.732. The van der Waals surface area contributed by atoms with Gasteiger partial charge in [-0.05, 0) is 18.2 Å². The Morgan fingerprint density at radius 1 is 1.25 bits per heavy atom. The fourth-order valence-electron chi connectivity index (χ4n) is 1.47. The van der Waals surface area contributed by atoms with E-state index in [2.05, 4.69) is 4.98 Å². The third-order valence-corrected chi connectivity index (χ3v) is 2.17. The second-order valence-electron chi connectivity index (χ2n) is 3.25. The molecular formula is C10H6F3NO2. The van der Waals surface area contributed by atoms with Gasteiger partial charge in [-0.3, -0.25) is 4.79 Å². The van der Waals surface area contributed by atoms with Gasteiger partial charge in [0.2, 0.25) is 0 Å². The Kier molecular flexibility index (Phi) is 2.15. The average molecular weight is 229 g/mol. The molecule has 2 N–H and O–H groups in total. The summed E-state index contributed by atoms with van der Waals surface area (Å²) in [4.78, 5) is 13.2. The molecule has 1 aromatic heterocycles. The third kappa shape index (κ3) is 1.62. The van der Waals surface area contributed by atoms with E-state index in [1.54, 1.807) is 0 Å². The molecule has 0 aliphatic rings. The molecule has 0 saturated carbocycles. The van der Waals surface area contributed by atoms with Gasteiger partial charge in [-0.15, -0.1) is 0 Å². The minimum atomic E-state index is -4.52. The van der Waals surface area contributed by atoms with E-state index in [4.69, 9.17) is 5.11 Å². The molecule has 0 unspecified atom stereocenters. The van der Waals surface area contributed by atoms with Crippen molar-refractivity contribution in [2.24, 2.45) is 0 Å². The molecule has 3 nitrogen and oxygen atoms in total. The molecule has 1 aromatic carbocycles. The number of pyridine rings is 1. The van der Waals surface area contributed by atoms with Crippen LogP contribution >= 0.6 is 0 Å². The Bertz CT molecular complexity index is 601. The van der Waals surface area contributed by atoms with Crippen LogP contribution in [0.15, 0.2) is 29.1 Å². The van der Waals surface area contributed by atoms with Crippen LogP contribution in [0.25, 0.3) is 10.9 Å². The van der Waals surface area contributed by atoms with Crippen LogP contribution in [0.4, 0.5) is 13.2 Å². The fraction of sp³-hybridized carbons (Fsp3) is 0.100. The highest BCUT2D eigenvalue weighted by atomic mass is 19.4. The van der Waals surface area contributed by atoms with E-state index >= 15 is 0 Å². The van der Waals surface area contributed by atoms with Crippen LogP contribution in [0.2, 0.25) is 0 Å². The maximum Gasteiger partial charge on any atom is 0.417 e. The Hall–Kier alpha value is -1.98. The predicted octanol–water partition coefficient (Wildman–Crippen LogP) is 2.25. The number of H-pyrrole nitrogens is 1. The highest BCUT2D eigenvalue weighted by Gasteiger charge is 2.32. The van der Waals surface area contributed by atoms with Crippen molar-refractivity contribution in [3.05, 3.63) is 40.2 Å². The monoisotopic (exact) mass is 229 g/mol. The van der Waals surface area contributed by atoms with Crippen LogP contribution in [-0.2, 0) is 6.18 Å². The average Bonchev–Trinajstić information content (AvgIpc) is 2.17. The quantitative estimate of drug-likeness (QED) is 0.727. The van der Waals surface area contributed by atoms with Gasteiger partial charge in [-0.2, -0.15) is 13.2 Å². The number of benzene rings is 1. The Balaban J connectivity index is 2.88. The van der Waals surface area contributed by atoms with Crippen molar-refractivity contribution in [3.8, 4) is 5.75 Å². The molecule has 0 aliphatic carbocycles. The predicted molar refractivity (Wildman–Crippen MR) is 51.2 cm³/mol. The molecule has 84 valence electrons. The molecule has 0 atom stereocenters. The highest BCUT2D eigenvalue weighted by Crippen LogP contribution is 2.34. The molecule has 0 aliphatic heterocycles. The lowest BCUT2D eigenvalue weighted by molar-refractivity contribution is -0.136. The number of aromatic nitrogens is 1.